The van der Waals surface area contributed by atoms with Crippen LogP contribution in [0, 0.1) is 19.8 Å². The number of halogens is 2. The molecule has 1 aliphatic heterocycles. The van der Waals surface area contributed by atoms with Crippen molar-refractivity contribution in [3.63, 3.8) is 0 Å². The van der Waals surface area contributed by atoms with E-state index in [1.807, 2.05) is 43.0 Å². The van der Waals surface area contributed by atoms with Crippen LogP contribution in [0.5, 0.6) is 0 Å². The van der Waals surface area contributed by atoms with Crippen LogP contribution in [0.2, 0.25) is 0 Å². The Kier molecular flexibility index (Phi) is 5.27. The summed E-state index contributed by atoms with van der Waals surface area (Å²) in [4.78, 5) is 10.1. The van der Waals surface area contributed by atoms with Gasteiger partial charge in [0, 0.05) is 19.0 Å². The van der Waals surface area contributed by atoms with Crippen LogP contribution >= 0.6 is 0 Å². The first-order valence-electron chi connectivity index (χ1n) is 8.60. The molecule has 3 rings (SSSR count). The lowest BCUT2D eigenvalue weighted by atomic mass is 9.92. The van der Waals surface area contributed by atoms with Gasteiger partial charge in [0.2, 0.25) is 0 Å². The van der Waals surface area contributed by atoms with E-state index in [2.05, 4.69) is 15.3 Å². The van der Waals surface area contributed by atoms with E-state index in [1.54, 1.807) is 12.4 Å². The van der Waals surface area contributed by atoms with Gasteiger partial charge in [-0.15, -0.1) is 0 Å². The zero-order valence-corrected chi connectivity index (χ0v) is 14.7. The van der Waals surface area contributed by atoms with Crippen molar-refractivity contribution >= 4 is 5.82 Å². The summed E-state index contributed by atoms with van der Waals surface area (Å²) < 4.78 is 29.1. The molecule has 1 saturated heterocycles. The van der Waals surface area contributed by atoms with E-state index in [0.717, 1.165) is 11.3 Å². The number of benzene rings is 1. The second kappa shape index (κ2) is 7.44. The fraction of sp³-hybridized carbons (Fsp3) is 0.474. The van der Waals surface area contributed by atoms with Gasteiger partial charge >= 0.3 is 0 Å². The SMILES string of the molecule is Cc1ccc(CN2CC[C@H](CNc3cnc(C)cn3)C(F)(F)C2)cc1. The van der Waals surface area contributed by atoms with Gasteiger partial charge in [-0.25, -0.2) is 13.8 Å². The number of alkyl halides is 2. The maximum Gasteiger partial charge on any atom is 0.265 e. The number of likely N-dealkylation sites (tertiary alicyclic amines) is 1. The topological polar surface area (TPSA) is 41.0 Å². The van der Waals surface area contributed by atoms with Gasteiger partial charge in [0.15, 0.2) is 0 Å². The van der Waals surface area contributed by atoms with Crippen LogP contribution in [-0.2, 0) is 6.54 Å². The van der Waals surface area contributed by atoms with E-state index < -0.39 is 11.8 Å². The number of rotatable bonds is 5. The minimum atomic E-state index is -2.71. The van der Waals surface area contributed by atoms with Crippen molar-refractivity contribution < 1.29 is 8.78 Å². The van der Waals surface area contributed by atoms with Gasteiger partial charge in [0.1, 0.15) is 5.82 Å². The van der Waals surface area contributed by atoms with E-state index >= 15 is 0 Å². The lowest BCUT2D eigenvalue weighted by molar-refractivity contribution is -0.108. The fourth-order valence-electron chi connectivity index (χ4n) is 3.11. The number of anilines is 1. The van der Waals surface area contributed by atoms with Crippen LogP contribution in [0.1, 0.15) is 23.2 Å². The molecule has 1 N–H and O–H groups in total. The molecule has 1 atom stereocenters. The van der Waals surface area contributed by atoms with Crippen molar-refractivity contribution in [3.05, 3.63) is 53.5 Å². The number of nitrogens with zero attached hydrogens (tertiary/aromatic N) is 3. The molecule has 0 spiro atoms. The Hall–Kier alpha value is -2.08. The molecule has 0 bridgehead atoms. The number of aromatic nitrogens is 2. The molecular weight excluding hydrogens is 322 g/mol. The maximum atomic E-state index is 14.5. The molecule has 2 heterocycles. The minimum Gasteiger partial charge on any atom is -0.368 e. The Bertz CT molecular complexity index is 686. The first kappa shape index (κ1) is 17.7. The summed E-state index contributed by atoms with van der Waals surface area (Å²) in [6.07, 6.45) is 3.68. The van der Waals surface area contributed by atoms with Crippen LogP contribution in [-0.4, -0.2) is 40.4 Å². The van der Waals surface area contributed by atoms with Crippen LogP contribution in [0.15, 0.2) is 36.7 Å². The molecule has 134 valence electrons. The molecule has 0 aliphatic carbocycles. The van der Waals surface area contributed by atoms with Crippen LogP contribution in [0.25, 0.3) is 0 Å². The summed E-state index contributed by atoms with van der Waals surface area (Å²) >= 11 is 0. The molecule has 1 fully saturated rings. The molecule has 0 amide bonds. The van der Waals surface area contributed by atoms with E-state index in [0.29, 0.717) is 25.3 Å². The standard InChI is InChI=1S/C19H24F2N4/c1-14-3-5-16(6-4-14)12-25-8-7-17(19(20,21)13-25)10-24-18-11-22-15(2)9-23-18/h3-6,9,11,17H,7-8,10,12-13H2,1-2H3,(H,23,24)/t17-/m1/s1. The van der Waals surface area contributed by atoms with Crippen molar-refractivity contribution in [2.45, 2.75) is 32.7 Å². The monoisotopic (exact) mass is 346 g/mol. The van der Waals surface area contributed by atoms with Crippen molar-refractivity contribution in [2.24, 2.45) is 5.92 Å². The van der Waals surface area contributed by atoms with Crippen LogP contribution in [0.4, 0.5) is 14.6 Å². The maximum absolute atomic E-state index is 14.5. The molecule has 4 nitrogen and oxygen atoms in total. The average molecular weight is 346 g/mol. The highest BCUT2D eigenvalue weighted by Crippen LogP contribution is 2.33. The molecule has 1 aromatic heterocycles. The Morgan fingerprint density at radius 3 is 2.56 bits per heavy atom. The zero-order valence-electron chi connectivity index (χ0n) is 14.7. The molecule has 1 aromatic carbocycles. The van der Waals surface area contributed by atoms with Crippen LogP contribution < -0.4 is 5.32 Å². The van der Waals surface area contributed by atoms with Gasteiger partial charge in [-0.3, -0.25) is 9.88 Å². The lowest BCUT2D eigenvalue weighted by Crippen LogP contribution is -2.50. The summed E-state index contributed by atoms with van der Waals surface area (Å²) in [6, 6.07) is 8.06. The molecule has 25 heavy (non-hydrogen) atoms. The third-order valence-corrected chi connectivity index (χ3v) is 4.66. The Labute approximate surface area is 147 Å². The predicted octanol–water partition coefficient (Wildman–Crippen LogP) is 3.66. The van der Waals surface area contributed by atoms with Crippen LogP contribution in [0.3, 0.4) is 0 Å². The first-order chi connectivity index (χ1) is 11.9. The third kappa shape index (κ3) is 4.72. The largest absolute Gasteiger partial charge is 0.368 e. The molecule has 0 radical (unpaired) electrons. The van der Waals surface area contributed by atoms with Gasteiger partial charge in [-0.2, -0.15) is 0 Å². The zero-order chi connectivity index (χ0) is 17.9. The van der Waals surface area contributed by atoms with Crippen molar-refractivity contribution in [3.8, 4) is 0 Å². The number of aryl methyl sites for hydroxylation is 2. The lowest BCUT2D eigenvalue weighted by Gasteiger charge is -2.38. The smallest absolute Gasteiger partial charge is 0.265 e. The summed E-state index contributed by atoms with van der Waals surface area (Å²) in [5, 5.41) is 3.00. The molecular formula is C19H24F2N4. The highest BCUT2D eigenvalue weighted by Gasteiger charge is 2.44. The van der Waals surface area contributed by atoms with Gasteiger partial charge in [0.05, 0.1) is 24.6 Å². The summed E-state index contributed by atoms with van der Waals surface area (Å²) in [5.41, 5.74) is 3.06. The van der Waals surface area contributed by atoms with Gasteiger partial charge in [-0.05, 0) is 32.4 Å². The second-order valence-electron chi connectivity index (χ2n) is 6.87. The predicted molar refractivity (Wildman–Crippen MR) is 94.8 cm³/mol. The number of piperidine rings is 1. The van der Waals surface area contributed by atoms with Crippen molar-refractivity contribution in [2.75, 3.05) is 25.0 Å². The van der Waals surface area contributed by atoms with Gasteiger partial charge in [0.25, 0.3) is 5.92 Å². The van der Waals surface area contributed by atoms with Crippen molar-refractivity contribution in [1.82, 2.24) is 14.9 Å². The number of hydrogen-bond donors (Lipinski definition) is 1. The van der Waals surface area contributed by atoms with E-state index in [1.165, 1.54) is 5.56 Å². The quantitative estimate of drug-likeness (QED) is 0.897. The van der Waals surface area contributed by atoms with E-state index in [9.17, 15) is 8.78 Å². The molecule has 6 heteroatoms. The Morgan fingerprint density at radius 1 is 1.16 bits per heavy atom. The molecule has 2 aromatic rings. The Balaban J connectivity index is 1.54. The van der Waals surface area contributed by atoms with Gasteiger partial charge < -0.3 is 5.32 Å². The van der Waals surface area contributed by atoms with E-state index in [4.69, 9.17) is 0 Å². The second-order valence-corrected chi connectivity index (χ2v) is 6.87. The minimum absolute atomic E-state index is 0.202. The molecule has 0 saturated carbocycles. The first-order valence-corrected chi connectivity index (χ1v) is 8.60. The number of hydrogen-bond acceptors (Lipinski definition) is 4. The fourth-order valence-corrected chi connectivity index (χ4v) is 3.11. The van der Waals surface area contributed by atoms with Crippen molar-refractivity contribution in [1.29, 1.82) is 0 Å². The Morgan fingerprint density at radius 2 is 1.92 bits per heavy atom. The van der Waals surface area contributed by atoms with Gasteiger partial charge in [-0.1, -0.05) is 29.8 Å². The molecule has 1 aliphatic rings. The van der Waals surface area contributed by atoms with E-state index in [-0.39, 0.29) is 13.1 Å². The molecule has 0 unspecified atom stereocenters. The summed E-state index contributed by atoms with van der Waals surface area (Å²) in [6.45, 7) is 5.12. The highest BCUT2D eigenvalue weighted by atomic mass is 19.3. The highest BCUT2D eigenvalue weighted by molar-refractivity contribution is 5.31. The normalized spacial score (nSPS) is 20.4. The summed E-state index contributed by atoms with van der Waals surface area (Å²) in [5.74, 6) is -2.86. The third-order valence-electron chi connectivity index (χ3n) is 4.66. The average Bonchev–Trinajstić information content (AvgIpc) is 2.57. The number of nitrogens with one attached hydrogen (secondary N) is 1. The summed E-state index contributed by atoms with van der Waals surface area (Å²) in [7, 11) is 0.